The van der Waals surface area contributed by atoms with Gasteiger partial charge >= 0.3 is 0 Å². The van der Waals surface area contributed by atoms with Crippen LogP contribution in [0.4, 0.5) is 11.5 Å². The Kier molecular flexibility index (Phi) is 2.87. The molecular formula is C15H11ClN2. The van der Waals surface area contributed by atoms with E-state index in [1.165, 1.54) is 0 Å². The molecule has 0 radical (unpaired) electrons. The molecule has 3 rings (SSSR count). The van der Waals surface area contributed by atoms with Crippen LogP contribution < -0.4 is 5.32 Å². The average molecular weight is 255 g/mol. The fourth-order valence-electron chi connectivity index (χ4n) is 1.84. The van der Waals surface area contributed by atoms with Crippen LogP contribution in [-0.4, -0.2) is 4.98 Å². The largest absolute Gasteiger partial charge is 0.339 e. The summed E-state index contributed by atoms with van der Waals surface area (Å²) >= 11 is 6.23. The second kappa shape index (κ2) is 4.67. The molecule has 1 aromatic heterocycles. The molecule has 0 fully saturated rings. The highest BCUT2D eigenvalue weighted by atomic mass is 35.5. The number of hydrogen-bond acceptors (Lipinski definition) is 2. The van der Waals surface area contributed by atoms with Crippen LogP contribution in [0.1, 0.15) is 0 Å². The number of pyridine rings is 1. The Morgan fingerprint density at radius 1 is 0.889 bits per heavy atom. The number of anilines is 2. The lowest BCUT2D eigenvalue weighted by atomic mass is 10.2. The van der Waals surface area contributed by atoms with E-state index in [9.17, 15) is 0 Å². The van der Waals surface area contributed by atoms with Crippen LogP contribution in [-0.2, 0) is 0 Å². The van der Waals surface area contributed by atoms with Crippen LogP contribution in [0.5, 0.6) is 0 Å². The number of halogens is 1. The predicted octanol–water partition coefficient (Wildman–Crippen LogP) is 4.63. The van der Waals surface area contributed by atoms with E-state index in [1.807, 2.05) is 60.7 Å². The lowest BCUT2D eigenvalue weighted by molar-refractivity contribution is 1.37. The molecule has 18 heavy (non-hydrogen) atoms. The number of nitrogens with one attached hydrogen (secondary N) is 1. The van der Waals surface area contributed by atoms with Crippen LogP contribution in [0.3, 0.4) is 0 Å². The molecule has 0 amide bonds. The quantitative estimate of drug-likeness (QED) is 0.721. The molecule has 0 aliphatic heterocycles. The molecule has 3 aromatic rings. The number of nitrogens with zero attached hydrogens (tertiary/aromatic N) is 1. The molecule has 2 aromatic carbocycles. The zero-order valence-electron chi connectivity index (χ0n) is 9.60. The van der Waals surface area contributed by atoms with E-state index < -0.39 is 0 Å². The molecule has 0 bridgehead atoms. The van der Waals surface area contributed by atoms with Crippen molar-refractivity contribution in [1.82, 2.24) is 4.98 Å². The maximum atomic E-state index is 6.23. The highest BCUT2D eigenvalue weighted by molar-refractivity contribution is 6.33. The first-order valence-corrected chi connectivity index (χ1v) is 6.08. The van der Waals surface area contributed by atoms with Gasteiger partial charge in [0.15, 0.2) is 0 Å². The summed E-state index contributed by atoms with van der Waals surface area (Å²) in [6.07, 6.45) is 0. The summed E-state index contributed by atoms with van der Waals surface area (Å²) in [6, 6.07) is 19.7. The number of benzene rings is 2. The molecule has 0 atom stereocenters. The third-order valence-corrected chi connectivity index (χ3v) is 3.00. The molecule has 0 spiro atoms. The van der Waals surface area contributed by atoms with Crippen molar-refractivity contribution >= 4 is 34.0 Å². The number of fused-ring (bicyclic) bond motifs is 1. The van der Waals surface area contributed by atoms with Gasteiger partial charge in [0.1, 0.15) is 5.82 Å². The third-order valence-electron chi connectivity index (χ3n) is 2.71. The van der Waals surface area contributed by atoms with E-state index in [0.29, 0.717) is 10.8 Å². The summed E-state index contributed by atoms with van der Waals surface area (Å²) in [5, 5.41) is 4.89. The Morgan fingerprint density at radius 3 is 2.44 bits per heavy atom. The molecule has 0 unspecified atom stereocenters. The second-order valence-corrected chi connectivity index (χ2v) is 4.41. The Hall–Kier alpha value is -2.06. The third kappa shape index (κ3) is 2.15. The van der Waals surface area contributed by atoms with Gasteiger partial charge in [-0.1, -0.05) is 48.0 Å². The van der Waals surface area contributed by atoms with Crippen LogP contribution in [0.15, 0.2) is 60.7 Å². The summed E-state index contributed by atoms with van der Waals surface area (Å²) in [5.41, 5.74) is 1.91. The van der Waals surface area contributed by atoms with Gasteiger partial charge in [0.25, 0.3) is 0 Å². The minimum Gasteiger partial charge on any atom is -0.339 e. The lowest BCUT2D eigenvalue weighted by Gasteiger charge is -2.08. The first kappa shape index (κ1) is 11.1. The van der Waals surface area contributed by atoms with Crippen LogP contribution in [0.25, 0.3) is 10.9 Å². The number of rotatable bonds is 2. The van der Waals surface area contributed by atoms with Gasteiger partial charge in [-0.3, -0.25) is 0 Å². The molecule has 2 nitrogen and oxygen atoms in total. The molecule has 3 heteroatoms. The molecule has 1 N–H and O–H groups in total. The number of para-hydroxylation sites is 2. The molecule has 0 aliphatic rings. The minimum absolute atomic E-state index is 0.623. The van der Waals surface area contributed by atoms with Crippen molar-refractivity contribution in [2.45, 2.75) is 0 Å². The monoisotopic (exact) mass is 254 g/mol. The Labute approximate surface area is 110 Å². The van der Waals surface area contributed by atoms with Gasteiger partial charge in [-0.25, -0.2) is 4.98 Å². The minimum atomic E-state index is 0.623. The lowest BCUT2D eigenvalue weighted by Crippen LogP contribution is -1.94. The van der Waals surface area contributed by atoms with Crippen LogP contribution in [0.2, 0.25) is 5.02 Å². The Balaban J connectivity index is 2.04. The zero-order chi connectivity index (χ0) is 12.4. The average Bonchev–Trinajstić information content (AvgIpc) is 2.41. The maximum absolute atomic E-state index is 6.23. The number of hydrogen-bond donors (Lipinski definition) is 1. The second-order valence-electron chi connectivity index (χ2n) is 4.00. The molecule has 0 saturated heterocycles. The van der Waals surface area contributed by atoms with Crippen molar-refractivity contribution in [3.8, 4) is 0 Å². The highest BCUT2D eigenvalue weighted by Gasteiger charge is 2.04. The van der Waals surface area contributed by atoms with Crippen LogP contribution in [0, 0.1) is 0 Å². The smallest absolute Gasteiger partial charge is 0.149 e. The van der Waals surface area contributed by atoms with Crippen molar-refractivity contribution in [2.24, 2.45) is 0 Å². The van der Waals surface area contributed by atoms with E-state index in [-0.39, 0.29) is 0 Å². The van der Waals surface area contributed by atoms with Gasteiger partial charge in [-0.2, -0.15) is 0 Å². The predicted molar refractivity (Wildman–Crippen MR) is 76.5 cm³/mol. The van der Waals surface area contributed by atoms with Crippen molar-refractivity contribution < 1.29 is 0 Å². The van der Waals surface area contributed by atoms with Crippen molar-refractivity contribution in [3.63, 3.8) is 0 Å². The fraction of sp³-hybridized carbons (Fsp3) is 0. The van der Waals surface area contributed by atoms with Gasteiger partial charge in [0.05, 0.1) is 10.5 Å². The van der Waals surface area contributed by atoms with Gasteiger partial charge in [0, 0.05) is 11.1 Å². The van der Waals surface area contributed by atoms with Gasteiger partial charge in [-0.05, 0) is 24.3 Å². The topological polar surface area (TPSA) is 24.9 Å². The molecular weight excluding hydrogens is 244 g/mol. The summed E-state index contributed by atoms with van der Waals surface area (Å²) in [4.78, 5) is 4.53. The highest BCUT2D eigenvalue weighted by Crippen LogP contribution is 2.27. The van der Waals surface area contributed by atoms with E-state index in [4.69, 9.17) is 11.6 Å². The van der Waals surface area contributed by atoms with E-state index in [2.05, 4.69) is 10.3 Å². The van der Waals surface area contributed by atoms with E-state index >= 15 is 0 Å². The van der Waals surface area contributed by atoms with Crippen LogP contribution >= 0.6 is 11.6 Å². The maximum Gasteiger partial charge on any atom is 0.149 e. The summed E-state index contributed by atoms with van der Waals surface area (Å²) in [7, 11) is 0. The normalized spacial score (nSPS) is 10.5. The van der Waals surface area contributed by atoms with Gasteiger partial charge in [0.2, 0.25) is 0 Å². The zero-order valence-corrected chi connectivity index (χ0v) is 10.4. The van der Waals surface area contributed by atoms with E-state index in [0.717, 1.165) is 16.6 Å². The molecule has 0 saturated carbocycles. The van der Waals surface area contributed by atoms with Gasteiger partial charge in [-0.15, -0.1) is 0 Å². The fourth-order valence-corrected chi connectivity index (χ4v) is 2.04. The Morgan fingerprint density at radius 2 is 1.61 bits per heavy atom. The summed E-state index contributed by atoms with van der Waals surface area (Å²) in [5.74, 6) is 0.682. The van der Waals surface area contributed by atoms with Crippen molar-refractivity contribution in [3.05, 3.63) is 65.7 Å². The first-order chi connectivity index (χ1) is 8.83. The first-order valence-electron chi connectivity index (χ1n) is 5.70. The SMILES string of the molecule is Clc1cc2ccccc2nc1Nc1ccccc1. The van der Waals surface area contributed by atoms with Crippen molar-refractivity contribution in [2.75, 3.05) is 5.32 Å². The number of aromatic nitrogens is 1. The van der Waals surface area contributed by atoms with E-state index in [1.54, 1.807) is 0 Å². The summed E-state index contributed by atoms with van der Waals surface area (Å²) < 4.78 is 0. The standard InChI is InChI=1S/C15H11ClN2/c16-13-10-11-6-4-5-9-14(11)18-15(13)17-12-7-2-1-3-8-12/h1-10H,(H,17,18). The van der Waals surface area contributed by atoms with Gasteiger partial charge < -0.3 is 5.32 Å². The molecule has 88 valence electrons. The molecule has 0 aliphatic carbocycles. The summed E-state index contributed by atoms with van der Waals surface area (Å²) in [6.45, 7) is 0. The Bertz CT molecular complexity index is 680. The molecule has 1 heterocycles. The van der Waals surface area contributed by atoms with Crippen molar-refractivity contribution in [1.29, 1.82) is 0 Å².